The zero-order valence-corrected chi connectivity index (χ0v) is 12.7. The van der Waals surface area contributed by atoms with Crippen LogP contribution in [0.15, 0.2) is 15.9 Å². The maximum atomic E-state index is 11.8. The minimum atomic E-state index is 0.179. The van der Waals surface area contributed by atoms with E-state index in [1.54, 1.807) is 16.2 Å². The predicted molar refractivity (Wildman–Crippen MR) is 76.2 cm³/mol. The number of nitrogens with zero attached hydrogens (tertiary/aromatic N) is 1. The van der Waals surface area contributed by atoms with Crippen molar-refractivity contribution in [3.05, 3.63) is 20.8 Å². The second-order valence-corrected chi connectivity index (χ2v) is 6.86. The first-order valence-corrected chi connectivity index (χ1v) is 7.32. The van der Waals surface area contributed by atoms with Crippen LogP contribution in [0.25, 0.3) is 0 Å². The van der Waals surface area contributed by atoms with Gasteiger partial charge in [0.15, 0.2) is 0 Å². The lowest BCUT2D eigenvalue weighted by atomic mass is 10.1. The number of carbonyl (C=O) groups excluding carboxylic acids is 1. The maximum absolute atomic E-state index is 11.8. The van der Waals surface area contributed by atoms with E-state index in [-0.39, 0.29) is 11.8 Å². The third kappa shape index (κ3) is 5.19. The van der Waals surface area contributed by atoms with Crippen molar-refractivity contribution in [3.8, 4) is 0 Å². The lowest BCUT2D eigenvalue weighted by Crippen LogP contribution is -2.31. The predicted octanol–water partition coefficient (Wildman–Crippen LogP) is 2.50. The van der Waals surface area contributed by atoms with Crippen LogP contribution in [-0.4, -0.2) is 30.9 Å². The standard InChI is InChI=1S/C12H19BrN2OS/c1-9(8-14)7-12(16)15(2)6-5-10-3-4-11(13)17-10/h3-4,9H,5-8,14H2,1-2H3. The van der Waals surface area contributed by atoms with E-state index in [1.807, 2.05) is 20.0 Å². The molecule has 1 rings (SSSR count). The summed E-state index contributed by atoms with van der Waals surface area (Å²) in [6.45, 7) is 3.34. The molecule has 1 aromatic rings. The molecule has 0 aliphatic heterocycles. The smallest absolute Gasteiger partial charge is 0.222 e. The van der Waals surface area contributed by atoms with Crippen molar-refractivity contribution >= 4 is 33.2 Å². The van der Waals surface area contributed by atoms with Crippen LogP contribution >= 0.6 is 27.3 Å². The van der Waals surface area contributed by atoms with Crippen molar-refractivity contribution in [2.45, 2.75) is 19.8 Å². The third-order valence-corrected chi connectivity index (χ3v) is 4.36. The van der Waals surface area contributed by atoms with Gasteiger partial charge in [-0.3, -0.25) is 4.79 Å². The van der Waals surface area contributed by atoms with Gasteiger partial charge in [0.1, 0.15) is 0 Å². The Bertz CT molecular complexity index is 367. The Morgan fingerprint density at radius 3 is 2.82 bits per heavy atom. The molecule has 0 aliphatic rings. The van der Waals surface area contributed by atoms with Gasteiger partial charge in [-0.15, -0.1) is 11.3 Å². The fourth-order valence-electron chi connectivity index (χ4n) is 1.43. The summed E-state index contributed by atoms with van der Waals surface area (Å²) < 4.78 is 1.14. The molecule has 0 aliphatic carbocycles. The van der Waals surface area contributed by atoms with Crippen LogP contribution in [0.5, 0.6) is 0 Å². The number of hydrogen-bond acceptors (Lipinski definition) is 3. The molecule has 96 valence electrons. The molecule has 3 nitrogen and oxygen atoms in total. The molecule has 1 unspecified atom stereocenters. The molecule has 0 spiro atoms. The molecular weight excluding hydrogens is 300 g/mol. The van der Waals surface area contributed by atoms with Crippen LogP contribution in [-0.2, 0) is 11.2 Å². The van der Waals surface area contributed by atoms with E-state index in [0.29, 0.717) is 13.0 Å². The summed E-state index contributed by atoms with van der Waals surface area (Å²) in [5, 5.41) is 0. The molecular formula is C12H19BrN2OS. The summed E-state index contributed by atoms with van der Waals surface area (Å²) in [5.74, 6) is 0.444. The van der Waals surface area contributed by atoms with Crippen LogP contribution in [0.1, 0.15) is 18.2 Å². The highest BCUT2D eigenvalue weighted by Gasteiger charge is 2.12. The van der Waals surface area contributed by atoms with Crippen LogP contribution in [0, 0.1) is 5.92 Å². The molecule has 1 atom stereocenters. The topological polar surface area (TPSA) is 46.3 Å². The average molecular weight is 319 g/mol. The first kappa shape index (κ1) is 14.7. The van der Waals surface area contributed by atoms with E-state index in [4.69, 9.17) is 5.73 Å². The fraction of sp³-hybridized carbons (Fsp3) is 0.583. The molecule has 0 bridgehead atoms. The molecule has 0 aromatic carbocycles. The van der Waals surface area contributed by atoms with Crippen molar-refractivity contribution in [3.63, 3.8) is 0 Å². The van der Waals surface area contributed by atoms with Crippen molar-refractivity contribution in [1.29, 1.82) is 0 Å². The highest BCUT2D eigenvalue weighted by molar-refractivity contribution is 9.11. The number of thiophene rings is 1. The minimum Gasteiger partial charge on any atom is -0.345 e. The number of rotatable bonds is 6. The molecule has 1 amide bonds. The first-order chi connectivity index (χ1) is 8.02. The van der Waals surface area contributed by atoms with Gasteiger partial charge in [-0.05, 0) is 46.9 Å². The number of nitrogens with two attached hydrogens (primary N) is 1. The van der Waals surface area contributed by atoms with Crippen LogP contribution in [0.4, 0.5) is 0 Å². The zero-order chi connectivity index (χ0) is 12.8. The zero-order valence-electron chi connectivity index (χ0n) is 10.3. The van der Waals surface area contributed by atoms with E-state index in [0.717, 1.165) is 16.8 Å². The van der Waals surface area contributed by atoms with Crippen LogP contribution in [0.3, 0.4) is 0 Å². The van der Waals surface area contributed by atoms with Crippen molar-refractivity contribution < 1.29 is 4.79 Å². The van der Waals surface area contributed by atoms with Gasteiger partial charge >= 0.3 is 0 Å². The maximum Gasteiger partial charge on any atom is 0.222 e. The quantitative estimate of drug-likeness (QED) is 0.876. The van der Waals surface area contributed by atoms with Crippen molar-refractivity contribution in [1.82, 2.24) is 4.90 Å². The van der Waals surface area contributed by atoms with Crippen molar-refractivity contribution in [2.24, 2.45) is 11.7 Å². The Hall–Kier alpha value is -0.390. The summed E-state index contributed by atoms with van der Waals surface area (Å²) in [5.41, 5.74) is 5.51. The Kier molecular flexibility index (Phi) is 6.16. The summed E-state index contributed by atoms with van der Waals surface area (Å²) in [6.07, 6.45) is 1.46. The van der Waals surface area contributed by atoms with Crippen molar-refractivity contribution in [2.75, 3.05) is 20.1 Å². The lowest BCUT2D eigenvalue weighted by Gasteiger charge is -2.18. The lowest BCUT2D eigenvalue weighted by molar-refractivity contribution is -0.130. The van der Waals surface area contributed by atoms with E-state index >= 15 is 0 Å². The Morgan fingerprint density at radius 1 is 1.59 bits per heavy atom. The molecule has 1 heterocycles. The summed E-state index contributed by atoms with van der Waals surface area (Å²) in [7, 11) is 1.86. The third-order valence-electron chi connectivity index (χ3n) is 2.67. The second-order valence-electron chi connectivity index (χ2n) is 4.32. The number of hydrogen-bond donors (Lipinski definition) is 1. The summed E-state index contributed by atoms with van der Waals surface area (Å²) >= 11 is 5.15. The van der Waals surface area contributed by atoms with Gasteiger partial charge in [0.2, 0.25) is 5.91 Å². The van der Waals surface area contributed by atoms with Gasteiger partial charge in [-0.25, -0.2) is 0 Å². The molecule has 0 radical (unpaired) electrons. The molecule has 0 saturated heterocycles. The largest absolute Gasteiger partial charge is 0.345 e. The second kappa shape index (κ2) is 7.13. The van der Waals surface area contributed by atoms with Gasteiger partial charge in [-0.2, -0.15) is 0 Å². The normalized spacial score (nSPS) is 12.5. The molecule has 0 fully saturated rings. The highest BCUT2D eigenvalue weighted by atomic mass is 79.9. The number of amides is 1. The monoisotopic (exact) mass is 318 g/mol. The minimum absolute atomic E-state index is 0.179. The molecule has 1 aromatic heterocycles. The van der Waals surface area contributed by atoms with E-state index in [1.165, 1.54) is 4.88 Å². The van der Waals surface area contributed by atoms with E-state index in [2.05, 4.69) is 22.0 Å². The highest BCUT2D eigenvalue weighted by Crippen LogP contribution is 2.22. The number of likely N-dealkylation sites (N-methyl/N-ethyl adjacent to an activating group) is 1. The fourth-order valence-corrected chi connectivity index (χ4v) is 2.90. The van der Waals surface area contributed by atoms with Gasteiger partial charge in [0.05, 0.1) is 3.79 Å². The van der Waals surface area contributed by atoms with E-state index < -0.39 is 0 Å². The van der Waals surface area contributed by atoms with Gasteiger partial charge in [0, 0.05) is 24.9 Å². The van der Waals surface area contributed by atoms with Gasteiger partial charge < -0.3 is 10.6 Å². The van der Waals surface area contributed by atoms with E-state index in [9.17, 15) is 4.79 Å². The number of halogens is 1. The average Bonchev–Trinajstić information content (AvgIpc) is 2.71. The Labute approximate surface area is 115 Å². The molecule has 5 heteroatoms. The summed E-state index contributed by atoms with van der Waals surface area (Å²) in [4.78, 5) is 14.9. The Balaban J connectivity index is 2.33. The van der Waals surface area contributed by atoms with Crippen LogP contribution in [0.2, 0.25) is 0 Å². The van der Waals surface area contributed by atoms with Gasteiger partial charge in [0.25, 0.3) is 0 Å². The molecule has 17 heavy (non-hydrogen) atoms. The molecule has 2 N–H and O–H groups in total. The molecule has 0 saturated carbocycles. The van der Waals surface area contributed by atoms with Crippen LogP contribution < -0.4 is 5.73 Å². The number of carbonyl (C=O) groups is 1. The summed E-state index contributed by atoms with van der Waals surface area (Å²) in [6, 6.07) is 4.13. The first-order valence-electron chi connectivity index (χ1n) is 5.71. The Morgan fingerprint density at radius 2 is 2.29 bits per heavy atom. The van der Waals surface area contributed by atoms with Gasteiger partial charge in [-0.1, -0.05) is 6.92 Å². The SMILES string of the molecule is CC(CN)CC(=O)N(C)CCc1ccc(Br)s1.